The Bertz CT molecular complexity index is 775. The van der Waals surface area contributed by atoms with Crippen molar-refractivity contribution in [1.29, 1.82) is 0 Å². The molecule has 1 aliphatic rings. The van der Waals surface area contributed by atoms with Crippen molar-refractivity contribution in [2.24, 2.45) is 0 Å². The molecule has 0 amide bonds. The highest BCUT2D eigenvalue weighted by Gasteiger charge is 2.39. The molecule has 1 heterocycles. The average Bonchev–Trinajstić information content (AvgIpc) is 2.59. The van der Waals surface area contributed by atoms with Gasteiger partial charge in [0.2, 0.25) is 0 Å². The largest absolute Gasteiger partial charge is 0.458 e. The van der Waals surface area contributed by atoms with Gasteiger partial charge in [0.1, 0.15) is 6.61 Å². The van der Waals surface area contributed by atoms with Gasteiger partial charge in [-0.1, -0.05) is 33.6 Å². The summed E-state index contributed by atoms with van der Waals surface area (Å²) in [6, 6.07) is 12.1. The molecule has 24 heavy (non-hydrogen) atoms. The summed E-state index contributed by atoms with van der Waals surface area (Å²) in [5.41, 5.74) is 0.743. The van der Waals surface area contributed by atoms with Crippen molar-refractivity contribution in [3.05, 3.63) is 68.7 Å². The third-order valence-corrected chi connectivity index (χ3v) is 4.71. The smallest absolute Gasteiger partial charge is 0.338 e. The van der Waals surface area contributed by atoms with E-state index in [0.717, 1.165) is 10.0 Å². The lowest BCUT2D eigenvalue weighted by molar-refractivity contribution is -0.142. The summed E-state index contributed by atoms with van der Waals surface area (Å²) in [7, 11) is 0. The molecule has 0 saturated carbocycles. The van der Waals surface area contributed by atoms with E-state index in [0.29, 0.717) is 35.5 Å². The van der Waals surface area contributed by atoms with Gasteiger partial charge in [-0.3, -0.25) is 4.79 Å². The summed E-state index contributed by atoms with van der Waals surface area (Å²) in [5.74, 6) is -0.506. The minimum Gasteiger partial charge on any atom is -0.458 e. The molecular weight excluding hydrogens is 396 g/mol. The summed E-state index contributed by atoms with van der Waals surface area (Å²) in [5, 5.41) is 0.599. The normalized spacial score (nSPS) is 19.4. The van der Waals surface area contributed by atoms with Crippen LogP contribution in [-0.2, 0) is 26.3 Å². The van der Waals surface area contributed by atoms with Crippen LogP contribution in [0.1, 0.15) is 21.5 Å². The van der Waals surface area contributed by atoms with Gasteiger partial charge in [0.15, 0.2) is 11.9 Å². The highest BCUT2D eigenvalue weighted by atomic mass is 79.9. The summed E-state index contributed by atoms with van der Waals surface area (Å²) in [4.78, 5) is 24.0. The number of benzene rings is 2. The molecular formula is C18H14BrClO4. The first-order chi connectivity index (χ1) is 11.5. The monoisotopic (exact) mass is 408 g/mol. The van der Waals surface area contributed by atoms with Crippen LogP contribution < -0.4 is 0 Å². The van der Waals surface area contributed by atoms with Crippen LogP contribution in [0, 0.1) is 0 Å². The van der Waals surface area contributed by atoms with Crippen molar-refractivity contribution in [3.8, 4) is 0 Å². The number of halogens is 2. The van der Waals surface area contributed by atoms with E-state index in [1.165, 1.54) is 0 Å². The van der Waals surface area contributed by atoms with Crippen molar-refractivity contribution < 1.29 is 19.1 Å². The minimum atomic E-state index is -1.29. The third-order valence-electron chi connectivity index (χ3n) is 3.94. The standard InChI is InChI=1S/C18H14BrClO4/c19-14-3-1-12(2-4-14)17(22)23-11-18(10-21)16-6-5-15(20)9-13(16)7-8-24-18/h1-6,9-10H,7-8,11H2/t18-/m1/s1. The molecule has 2 aromatic rings. The van der Waals surface area contributed by atoms with Crippen LogP contribution in [0.4, 0.5) is 0 Å². The van der Waals surface area contributed by atoms with Crippen LogP contribution in [0.5, 0.6) is 0 Å². The Morgan fingerprint density at radius 1 is 1.29 bits per heavy atom. The van der Waals surface area contributed by atoms with Crippen LogP contribution >= 0.6 is 27.5 Å². The Hall–Kier alpha value is -1.69. The maximum atomic E-state index is 12.2. The van der Waals surface area contributed by atoms with Gasteiger partial charge >= 0.3 is 5.97 Å². The van der Waals surface area contributed by atoms with E-state index < -0.39 is 11.6 Å². The van der Waals surface area contributed by atoms with Crippen LogP contribution in [-0.4, -0.2) is 25.5 Å². The van der Waals surface area contributed by atoms with E-state index in [1.54, 1.807) is 36.4 Å². The molecule has 124 valence electrons. The molecule has 6 heteroatoms. The molecule has 0 fully saturated rings. The molecule has 4 nitrogen and oxygen atoms in total. The highest BCUT2D eigenvalue weighted by Crippen LogP contribution is 2.33. The van der Waals surface area contributed by atoms with Crippen molar-refractivity contribution in [1.82, 2.24) is 0 Å². The lowest BCUT2D eigenvalue weighted by Gasteiger charge is -2.34. The number of carbonyl (C=O) groups is 2. The second kappa shape index (κ2) is 7.05. The molecule has 0 saturated heterocycles. The predicted molar refractivity (Wildman–Crippen MR) is 93.3 cm³/mol. The van der Waals surface area contributed by atoms with Crippen molar-refractivity contribution >= 4 is 39.8 Å². The number of ether oxygens (including phenoxy) is 2. The summed E-state index contributed by atoms with van der Waals surface area (Å²) < 4.78 is 11.9. The Morgan fingerprint density at radius 2 is 2.04 bits per heavy atom. The summed E-state index contributed by atoms with van der Waals surface area (Å²) >= 11 is 9.33. The lowest BCUT2D eigenvalue weighted by atomic mass is 9.88. The van der Waals surface area contributed by atoms with Crippen LogP contribution in [0.3, 0.4) is 0 Å². The van der Waals surface area contributed by atoms with Gasteiger partial charge < -0.3 is 9.47 Å². The number of rotatable bonds is 4. The van der Waals surface area contributed by atoms with E-state index in [4.69, 9.17) is 21.1 Å². The number of hydrogen-bond acceptors (Lipinski definition) is 4. The maximum absolute atomic E-state index is 12.2. The van der Waals surface area contributed by atoms with Crippen molar-refractivity contribution in [3.63, 3.8) is 0 Å². The molecule has 0 bridgehead atoms. The number of hydrogen-bond donors (Lipinski definition) is 0. The fraction of sp³-hybridized carbons (Fsp3) is 0.222. The SMILES string of the molecule is O=C[C@]1(COC(=O)c2ccc(Br)cc2)OCCc2cc(Cl)ccc21. The number of esters is 1. The Balaban J connectivity index is 1.81. The molecule has 1 aliphatic heterocycles. The van der Waals surface area contributed by atoms with Crippen LogP contribution in [0.25, 0.3) is 0 Å². The van der Waals surface area contributed by atoms with Gasteiger partial charge in [0.25, 0.3) is 0 Å². The van der Waals surface area contributed by atoms with E-state index in [9.17, 15) is 9.59 Å². The lowest BCUT2D eigenvalue weighted by Crippen LogP contribution is -2.42. The quantitative estimate of drug-likeness (QED) is 0.567. The van der Waals surface area contributed by atoms with Gasteiger partial charge in [-0.05, 0) is 53.9 Å². The first-order valence-corrected chi connectivity index (χ1v) is 8.53. The van der Waals surface area contributed by atoms with Gasteiger partial charge in [-0.25, -0.2) is 4.79 Å². The van der Waals surface area contributed by atoms with E-state index in [-0.39, 0.29) is 6.61 Å². The molecule has 3 rings (SSSR count). The molecule has 0 radical (unpaired) electrons. The zero-order chi connectivity index (χ0) is 17.2. The van der Waals surface area contributed by atoms with Gasteiger partial charge in [-0.15, -0.1) is 0 Å². The number of aldehydes is 1. The first-order valence-electron chi connectivity index (χ1n) is 7.36. The molecule has 0 spiro atoms. The topological polar surface area (TPSA) is 52.6 Å². The second-order valence-electron chi connectivity index (χ2n) is 5.49. The Labute approximate surface area is 152 Å². The van der Waals surface area contributed by atoms with Gasteiger partial charge in [0, 0.05) is 9.50 Å². The van der Waals surface area contributed by atoms with Crippen molar-refractivity contribution in [2.75, 3.05) is 13.2 Å². The molecule has 0 N–H and O–H groups in total. The maximum Gasteiger partial charge on any atom is 0.338 e. The molecule has 1 atom stereocenters. The van der Waals surface area contributed by atoms with Crippen LogP contribution in [0.15, 0.2) is 46.9 Å². The summed E-state index contributed by atoms with van der Waals surface area (Å²) in [6.07, 6.45) is 1.35. The predicted octanol–water partition coefficient (Wildman–Crippen LogP) is 3.93. The third kappa shape index (κ3) is 3.38. The van der Waals surface area contributed by atoms with Gasteiger partial charge in [-0.2, -0.15) is 0 Å². The second-order valence-corrected chi connectivity index (χ2v) is 6.84. The van der Waals surface area contributed by atoms with Crippen molar-refractivity contribution in [2.45, 2.75) is 12.0 Å². The molecule has 0 unspecified atom stereocenters. The Morgan fingerprint density at radius 3 is 2.75 bits per heavy atom. The van der Waals surface area contributed by atoms with Gasteiger partial charge in [0.05, 0.1) is 12.2 Å². The highest BCUT2D eigenvalue weighted by molar-refractivity contribution is 9.10. The fourth-order valence-electron chi connectivity index (χ4n) is 2.70. The zero-order valence-corrected chi connectivity index (χ0v) is 15.0. The number of fused-ring (bicyclic) bond motifs is 1. The zero-order valence-electron chi connectivity index (χ0n) is 12.6. The van der Waals surface area contributed by atoms with E-state index in [1.807, 2.05) is 6.07 Å². The molecule has 0 aromatic heterocycles. The number of carbonyl (C=O) groups excluding carboxylic acids is 2. The average molecular weight is 410 g/mol. The minimum absolute atomic E-state index is 0.181. The fourth-order valence-corrected chi connectivity index (χ4v) is 3.15. The van der Waals surface area contributed by atoms with E-state index in [2.05, 4.69) is 15.9 Å². The van der Waals surface area contributed by atoms with Crippen LogP contribution in [0.2, 0.25) is 5.02 Å². The molecule has 0 aliphatic carbocycles. The first kappa shape index (κ1) is 17.1. The Kier molecular flexibility index (Phi) is 5.04. The molecule has 2 aromatic carbocycles. The van der Waals surface area contributed by atoms with E-state index >= 15 is 0 Å². The summed E-state index contributed by atoms with van der Waals surface area (Å²) in [6.45, 7) is 0.182.